The SMILES string of the molecule is CCCOCCC(=O)N1CCC(C#N)CC1. The summed E-state index contributed by atoms with van der Waals surface area (Å²) in [6, 6.07) is 2.26. The maximum atomic E-state index is 11.7. The van der Waals surface area contributed by atoms with Crippen LogP contribution in [0.5, 0.6) is 0 Å². The fourth-order valence-electron chi connectivity index (χ4n) is 1.82. The largest absolute Gasteiger partial charge is 0.381 e. The normalized spacial score (nSPS) is 17.1. The summed E-state index contributed by atoms with van der Waals surface area (Å²) in [7, 11) is 0. The minimum absolute atomic E-state index is 0.139. The van der Waals surface area contributed by atoms with Gasteiger partial charge in [0.2, 0.25) is 5.91 Å². The number of carbonyl (C=O) groups excluding carboxylic acids is 1. The zero-order valence-corrected chi connectivity index (χ0v) is 9.95. The molecular weight excluding hydrogens is 204 g/mol. The van der Waals surface area contributed by atoms with Crippen molar-refractivity contribution in [3.63, 3.8) is 0 Å². The van der Waals surface area contributed by atoms with Crippen LogP contribution >= 0.6 is 0 Å². The molecule has 0 atom stereocenters. The van der Waals surface area contributed by atoms with Gasteiger partial charge in [0.1, 0.15) is 0 Å². The van der Waals surface area contributed by atoms with E-state index in [0.29, 0.717) is 13.0 Å². The zero-order valence-electron chi connectivity index (χ0n) is 9.95. The first-order valence-electron chi connectivity index (χ1n) is 6.03. The van der Waals surface area contributed by atoms with Gasteiger partial charge in [-0.05, 0) is 19.3 Å². The molecule has 0 aliphatic carbocycles. The third-order valence-corrected chi connectivity index (χ3v) is 2.84. The van der Waals surface area contributed by atoms with Crippen LogP contribution in [0.1, 0.15) is 32.6 Å². The van der Waals surface area contributed by atoms with Crippen LogP contribution in [-0.4, -0.2) is 37.1 Å². The number of ether oxygens (including phenoxy) is 1. The molecule has 0 spiro atoms. The lowest BCUT2D eigenvalue weighted by Crippen LogP contribution is -2.38. The number of carbonyl (C=O) groups is 1. The molecule has 0 aromatic heterocycles. The smallest absolute Gasteiger partial charge is 0.224 e. The van der Waals surface area contributed by atoms with E-state index in [-0.39, 0.29) is 11.8 Å². The molecular formula is C12H20N2O2. The second-order valence-corrected chi connectivity index (χ2v) is 4.15. The third-order valence-electron chi connectivity index (χ3n) is 2.84. The number of hydrogen-bond donors (Lipinski definition) is 0. The van der Waals surface area contributed by atoms with E-state index in [0.717, 1.165) is 39.0 Å². The van der Waals surface area contributed by atoms with Gasteiger partial charge < -0.3 is 9.64 Å². The maximum absolute atomic E-state index is 11.7. The van der Waals surface area contributed by atoms with Crippen LogP contribution < -0.4 is 0 Å². The van der Waals surface area contributed by atoms with Crippen molar-refractivity contribution in [1.29, 1.82) is 5.26 Å². The van der Waals surface area contributed by atoms with E-state index in [1.165, 1.54) is 0 Å². The van der Waals surface area contributed by atoms with E-state index < -0.39 is 0 Å². The van der Waals surface area contributed by atoms with Gasteiger partial charge in [-0.3, -0.25) is 4.79 Å². The van der Waals surface area contributed by atoms with Gasteiger partial charge in [-0.15, -0.1) is 0 Å². The predicted octanol–water partition coefficient (Wildman–Crippen LogP) is 1.57. The lowest BCUT2D eigenvalue weighted by atomic mass is 9.98. The van der Waals surface area contributed by atoms with Gasteiger partial charge in [0.05, 0.1) is 19.1 Å². The Bertz CT molecular complexity index is 252. The van der Waals surface area contributed by atoms with Crippen LogP contribution in [0.25, 0.3) is 0 Å². The Morgan fingerprint density at radius 3 is 2.69 bits per heavy atom. The molecule has 1 aliphatic rings. The molecule has 16 heavy (non-hydrogen) atoms. The number of amides is 1. The fraction of sp³-hybridized carbons (Fsp3) is 0.833. The minimum atomic E-state index is 0.139. The average Bonchev–Trinajstić information content (AvgIpc) is 2.34. The first-order chi connectivity index (χ1) is 7.77. The van der Waals surface area contributed by atoms with Gasteiger partial charge in [-0.2, -0.15) is 5.26 Å². The summed E-state index contributed by atoms with van der Waals surface area (Å²) in [5, 5.41) is 8.74. The first kappa shape index (κ1) is 13.0. The molecule has 0 bridgehead atoms. The summed E-state index contributed by atoms with van der Waals surface area (Å²) in [5.41, 5.74) is 0. The van der Waals surface area contributed by atoms with Gasteiger partial charge in [0.25, 0.3) is 0 Å². The van der Waals surface area contributed by atoms with Crippen LogP contribution in [0, 0.1) is 17.2 Å². The minimum Gasteiger partial charge on any atom is -0.381 e. The van der Waals surface area contributed by atoms with Crippen molar-refractivity contribution in [2.45, 2.75) is 32.6 Å². The number of likely N-dealkylation sites (tertiary alicyclic amines) is 1. The van der Waals surface area contributed by atoms with Crippen LogP contribution in [0.15, 0.2) is 0 Å². The van der Waals surface area contributed by atoms with Crippen molar-refractivity contribution < 1.29 is 9.53 Å². The highest BCUT2D eigenvalue weighted by Crippen LogP contribution is 2.16. The van der Waals surface area contributed by atoms with E-state index in [4.69, 9.17) is 10.00 Å². The van der Waals surface area contributed by atoms with E-state index in [1.807, 2.05) is 4.90 Å². The molecule has 0 saturated carbocycles. The van der Waals surface area contributed by atoms with Crippen LogP contribution in [0.3, 0.4) is 0 Å². The van der Waals surface area contributed by atoms with Crippen molar-refractivity contribution in [2.75, 3.05) is 26.3 Å². The summed E-state index contributed by atoms with van der Waals surface area (Å²) in [6.07, 6.45) is 3.09. The lowest BCUT2D eigenvalue weighted by Gasteiger charge is -2.29. The third kappa shape index (κ3) is 4.19. The predicted molar refractivity (Wildman–Crippen MR) is 60.6 cm³/mol. The van der Waals surface area contributed by atoms with Crippen molar-refractivity contribution >= 4 is 5.91 Å². The summed E-state index contributed by atoms with van der Waals surface area (Å²) in [6.45, 7) is 4.75. The quantitative estimate of drug-likeness (QED) is 0.666. The molecule has 4 nitrogen and oxygen atoms in total. The lowest BCUT2D eigenvalue weighted by molar-refractivity contribution is -0.133. The fourth-order valence-corrected chi connectivity index (χ4v) is 1.82. The summed E-state index contributed by atoms with van der Waals surface area (Å²) < 4.78 is 5.29. The van der Waals surface area contributed by atoms with Crippen molar-refractivity contribution in [2.24, 2.45) is 5.92 Å². The topological polar surface area (TPSA) is 53.3 Å². The molecule has 0 N–H and O–H groups in total. The second-order valence-electron chi connectivity index (χ2n) is 4.15. The van der Waals surface area contributed by atoms with Gasteiger partial charge in [-0.1, -0.05) is 6.92 Å². The van der Waals surface area contributed by atoms with Gasteiger partial charge in [-0.25, -0.2) is 0 Å². The van der Waals surface area contributed by atoms with Gasteiger partial charge in [0.15, 0.2) is 0 Å². The maximum Gasteiger partial charge on any atom is 0.224 e. The molecule has 1 saturated heterocycles. The van der Waals surface area contributed by atoms with E-state index in [9.17, 15) is 4.79 Å². The molecule has 4 heteroatoms. The molecule has 1 rings (SSSR count). The molecule has 1 fully saturated rings. The standard InChI is InChI=1S/C12H20N2O2/c1-2-8-16-9-5-12(15)14-6-3-11(10-13)4-7-14/h11H,2-9H2,1H3. The molecule has 1 heterocycles. The molecule has 90 valence electrons. The van der Waals surface area contributed by atoms with E-state index >= 15 is 0 Å². The highest BCUT2D eigenvalue weighted by molar-refractivity contribution is 5.76. The van der Waals surface area contributed by atoms with Crippen LogP contribution in [-0.2, 0) is 9.53 Å². The van der Waals surface area contributed by atoms with E-state index in [2.05, 4.69) is 13.0 Å². The average molecular weight is 224 g/mol. The Morgan fingerprint density at radius 1 is 1.44 bits per heavy atom. The summed E-state index contributed by atoms with van der Waals surface area (Å²) >= 11 is 0. The number of nitrogens with zero attached hydrogens (tertiary/aromatic N) is 2. The number of hydrogen-bond acceptors (Lipinski definition) is 3. The molecule has 0 aromatic rings. The monoisotopic (exact) mass is 224 g/mol. The van der Waals surface area contributed by atoms with Gasteiger partial charge >= 0.3 is 0 Å². The van der Waals surface area contributed by atoms with Crippen LogP contribution in [0.4, 0.5) is 0 Å². The molecule has 1 aliphatic heterocycles. The molecule has 0 radical (unpaired) electrons. The van der Waals surface area contributed by atoms with E-state index in [1.54, 1.807) is 0 Å². The molecule has 0 unspecified atom stereocenters. The highest BCUT2D eigenvalue weighted by atomic mass is 16.5. The molecule has 1 amide bonds. The Labute approximate surface area is 97.2 Å². The van der Waals surface area contributed by atoms with Crippen LogP contribution in [0.2, 0.25) is 0 Å². The Kier molecular flexibility index (Phi) is 5.87. The Morgan fingerprint density at radius 2 is 2.12 bits per heavy atom. The number of rotatable bonds is 5. The Balaban J connectivity index is 2.16. The second kappa shape index (κ2) is 7.24. The number of piperidine rings is 1. The molecule has 0 aromatic carbocycles. The zero-order chi connectivity index (χ0) is 11.8. The summed E-state index contributed by atoms with van der Waals surface area (Å²) in [4.78, 5) is 13.6. The van der Waals surface area contributed by atoms with Crippen molar-refractivity contribution in [3.8, 4) is 6.07 Å². The van der Waals surface area contributed by atoms with Gasteiger partial charge in [0, 0.05) is 25.6 Å². The highest BCUT2D eigenvalue weighted by Gasteiger charge is 2.21. The van der Waals surface area contributed by atoms with Crippen molar-refractivity contribution in [1.82, 2.24) is 4.90 Å². The Hall–Kier alpha value is -1.08. The van der Waals surface area contributed by atoms with Crippen molar-refractivity contribution in [3.05, 3.63) is 0 Å². The summed E-state index contributed by atoms with van der Waals surface area (Å²) in [5.74, 6) is 0.299. The first-order valence-corrected chi connectivity index (χ1v) is 6.03. The number of nitriles is 1.